The van der Waals surface area contributed by atoms with E-state index in [1.54, 1.807) is 36.4 Å². The Hall–Kier alpha value is -2.68. The summed E-state index contributed by atoms with van der Waals surface area (Å²) in [4.78, 5) is -0.0294. The lowest BCUT2D eigenvalue weighted by Gasteiger charge is -2.21. The van der Waals surface area contributed by atoms with Gasteiger partial charge in [0, 0.05) is 17.6 Å². The Balaban J connectivity index is 2.18. The molecule has 150 valence electrons. The van der Waals surface area contributed by atoms with Gasteiger partial charge in [-0.05, 0) is 48.5 Å². The first-order valence-electron chi connectivity index (χ1n) is 8.42. The van der Waals surface area contributed by atoms with Crippen LogP contribution in [0.1, 0.15) is 5.56 Å². The molecule has 0 fully saturated rings. The summed E-state index contributed by atoms with van der Waals surface area (Å²) in [5, 5.41) is 0.424. The number of nitrogens with zero attached hydrogens (tertiary/aromatic N) is 2. The highest BCUT2D eigenvalue weighted by atomic mass is 35.5. The van der Waals surface area contributed by atoms with E-state index in [1.807, 2.05) is 0 Å². The van der Waals surface area contributed by atoms with Crippen LogP contribution in [0.25, 0.3) is 0 Å². The van der Waals surface area contributed by atoms with Gasteiger partial charge in [-0.3, -0.25) is 4.31 Å². The standard InChI is InChI=1S/C20H17ClN2O4S2/c1-23(29(26,27)19-10-6-3-7-11-19)20(16-12-14-17(21)15-13-16)22-28(24,25)18-8-4-2-5-9-18/h2-15H,1H3/b22-20-. The molecule has 0 amide bonds. The molecule has 9 heteroatoms. The first-order valence-corrected chi connectivity index (χ1v) is 11.7. The molecule has 0 heterocycles. The Bertz CT molecular complexity index is 1230. The van der Waals surface area contributed by atoms with Crippen LogP contribution in [-0.2, 0) is 20.0 Å². The van der Waals surface area contributed by atoms with Crippen molar-refractivity contribution in [1.82, 2.24) is 4.31 Å². The van der Waals surface area contributed by atoms with E-state index in [-0.39, 0.29) is 21.2 Å². The third-order valence-electron chi connectivity index (χ3n) is 4.05. The zero-order chi connectivity index (χ0) is 21.1. The molecule has 0 aliphatic rings. The largest absolute Gasteiger partial charge is 0.284 e. The van der Waals surface area contributed by atoms with E-state index in [1.165, 1.54) is 55.6 Å². The topological polar surface area (TPSA) is 83.9 Å². The average Bonchev–Trinajstić information content (AvgIpc) is 2.73. The van der Waals surface area contributed by atoms with Crippen molar-refractivity contribution in [3.8, 4) is 0 Å². The fourth-order valence-corrected chi connectivity index (χ4v) is 4.95. The molecule has 0 aliphatic heterocycles. The molecule has 3 rings (SSSR count). The fourth-order valence-electron chi connectivity index (χ4n) is 2.51. The third kappa shape index (κ3) is 4.67. The first-order chi connectivity index (χ1) is 13.7. The lowest BCUT2D eigenvalue weighted by molar-refractivity contribution is 0.552. The van der Waals surface area contributed by atoms with Gasteiger partial charge in [0.05, 0.1) is 9.79 Å². The lowest BCUT2D eigenvalue weighted by atomic mass is 10.2. The van der Waals surface area contributed by atoms with Gasteiger partial charge in [0.2, 0.25) is 0 Å². The van der Waals surface area contributed by atoms with Gasteiger partial charge in [0.25, 0.3) is 20.0 Å². The molecule has 0 spiro atoms. The zero-order valence-electron chi connectivity index (χ0n) is 15.3. The normalized spacial score (nSPS) is 12.6. The second-order valence-corrected chi connectivity index (χ2v) is 10.0. The van der Waals surface area contributed by atoms with Gasteiger partial charge in [-0.1, -0.05) is 48.0 Å². The van der Waals surface area contributed by atoms with Gasteiger partial charge in [-0.25, -0.2) is 8.42 Å². The highest BCUT2D eigenvalue weighted by Gasteiger charge is 2.27. The van der Waals surface area contributed by atoms with Gasteiger partial charge >= 0.3 is 0 Å². The minimum atomic E-state index is -4.16. The maximum absolute atomic E-state index is 13.1. The van der Waals surface area contributed by atoms with Crippen molar-refractivity contribution in [2.45, 2.75) is 9.79 Å². The summed E-state index contributed by atoms with van der Waals surface area (Å²) in [5.74, 6) is -0.241. The number of rotatable bonds is 5. The van der Waals surface area contributed by atoms with E-state index in [0.717, 1.165) is 4.31 Å². The van der Waals surface area contributed by atoms with Crippen molar-refractivity contribution in [2.24, 2.45) is 4.40 Å². The van der Waals surface area contributed by atoms with Crippen molar-refractivity contribution < 1.29 is 16.8 Å². The molecule has 0 saturated heterocycles. The summed E-state index contributed by atoms with van der Waals surface area (Å²) in [6.45, 7) is 0. The summed E-state index contributed by atoms with van der Waals surface area (Å²) < 4.78 is 56.5. The van der Waals surface area contributed by atoms with E-state index in [0.29, 0.717) is 5.02 Å². The first kappa shape index (κ1) is 21.0. The smallest absolute Gasteiger partial charge is 0.252 e. The molecule has 0 radical (unpaired) electrons. The Kier molecular flexibility index (Phi) is 6.07. The van der Waals surface area contributed by atoms with Gasteiger partial charge in [-0.2, -0.15) is 8.42 Å². The molecule has 0 bridgehead atoms. The van der Waals surface area contributed by atoms with Crippen LogP contribution in [0.3, 0.4) is 0 Å². The molecule has 0 unspecified atom stereocenters. The van der Waals surface area contributed by atoms with Crippen molar-refractivity contribution >= 4 is 37.5 Å². The van der Waals surface area contributed by atoms with E-state index < -0.39 is 20.0 Å². The van der Waals surface area contributed by atoms with Crippen LogP contribution in [0.2, 0.25) is 5.02 Å². The predicted molar refractivity (Wildman–Crippen MR) is 113 cm³/mol. The molecule has 0 atom stereocenters. The van der Waals surface area contributed by atoms with Gasteiger partial charge in [0.15, 0.2) is 5.84 Å². The number of benzene rings is 3. The predicted octanol–water partition coefficient (Wildman–Crippen LogP) is 3.80. The number of hydrogen-bond donors (Lipinski definition) is 0. The number of sulfonamides is 2. The van der Waals surface area contributed by atoms with Crippen LogP contribution < -0.4 is 0 Å². The number of hydrogen-bond acceptors (Lipinski definition) is 4. The minimum Gasteiger partial charge on any atom is -0.252 e. The molecular formula is C20H17ClN2O4S2. The molecule has 6 nitrogen and oxygen atoms in total. The number of halogens is 1. The number of amidine groups is 1. The summed E-state index contributed by atoms with van der Waals surface area (Å²) in [6, 6.07) is 21.4. The van der Waals surface area contributed by atoms with Crippen molar-refractivity contribution in [2.75, 3.05) is 7.05 Å². The summed E-state index contributed by atoms with van der Waals surface area (Å²) in [7, 11) is -6.94. The van der Waals surface area contributed by atoms with Crippen LogP contribution in [-0.4, -0.2) is 34.0 Å². The Morgan fingerprint density at radius 1 is 0.759 bits per heavy atom. The molecule has 0 aromatic heterocycles. The minimum absolute atomic E-state index is 0.0151. The van der Waals surface area contributed by atoms with Gasteiger partial charge < -0.3 is 0 Å². The highest BCUT2D eigenvalue weighted by Crippen LogP contribution is 2.21. The molecule has 29 heavy (non-hydrogen) atoms. The molecule has 0 aliphatic carbocycles. The van der Waals surface area contributed by atoms with E-state index in [9.17, 15) is 16.8 Å². The Morgan fingerprint density at radius 3 is 1.76 bits per heavy atom. The van der Waals surface area contributed by atoms with Crippen LogP contribution in [0, 0.1) is 0 Å². The highest BCUT2D eigenvalue weighted by molar-refractivity contribution is 7.91. The van der Waals surface area contributed by atoms with E-state index in [2.05, 4.69) is 4.40 Å². The second-order valence-electron chi connectivity index (χ2n) is 6.00. The zero-order valence-corrected chi connectivity index (χ0v) is 17.7. The summed E-state index contributed by atoms with van der Waals surface area (Å²) in [6.07, 6.45) is 0. The van der Waals surface area contributed by atoms with Crippen molar-refractivity contribution in [3.05, 3.63) is 95.5 Å². The van der Waals surface area contributed by atoms with Gasteiger partial charge in [-0.15, -0.1) is 4.40 Å². The molecule has 3 aromatic carbocycles. The average molecular weight is 449 g/mol. The Labute approximate surface area is 175 Å². The summed E-state index contributed by atoms with van der Waals surface area (Å²) in [5.41, 5.74) is 0.288. The monoisotopic (exact) mass is 448 g/mol. The SMILES string of the molecule is CN(/C(=N\S(=O)(=O)c1ccccc1)c1ccc(Cl)cc1)S(=O)(=O)c1ccccc1. The maximum atomic E-state index is 13.1. The summed E-state index contributed by atoms with van der Waals surface area (Å²) >= 11 is 5.92. The van der Waals surface area contributed by atoms with Crippen LogP contribution in [0.15, 0.2) is 99.1 Å². The lowest BCUT2D eigenvalue weighted by Crippen LogP contribution is -2.34. The van der Waals surface area contributed by atoms with Gasteiger partial charge in [0.1, 0.15) is 0 Å². The van der Waals surface area contributed by atoms with Crippen molar-refractivity contribution in [1.29, 1.82) is 0 Å². The molecule has 3 aromatic rings. The molecule has 0 N–H and O–H groups in total. The second kappa shape index (κ2) is 8.36. The maximum Gasteiger partial charge on any atom is 0.284 e. The Morgan fingerprint density at radius 2 is 1.24 bits per heavy atom. The molecular weight excluding hydrogens is 432 g/mol. The van der Waals surface area contributed by atoms with E-state index >= 15 is 0 Å². The third-order valence-corrected chi connectivity index (χ3v) is 7.35. The van der Waals surface area contributed by atoms with Crippen LogP contribution in [0.4, 0.5) is 0 Å². The van der Waals surface area contributed by atoms with Crippen LogP contribution >= 0.6 is 11.6 Å². The van der Waals surface area contributed by atoms with Crippen molar-refractivity contribution in [3.63, 3.8) is 0 Å². The quantitative estimate of drug-likeness (QED) is 0.439. The molecule has 0 saturated carbocycles. The van der Waals surface area contributed by atoms with Crippen LogP contribution in [0.5, 0.6) is 0 Å². The van der Waals surface area contributed by atoms with E-state index in [4.69, 9.17) is 11.6 Å². The fraction of sp³-hybridized carbons (Fsp3) is 0.0500.